The van der Waals surface area contributed by atoms with Gasteiger partial charge in [0.1, 0.15) is 5.75 Å². The minimum Gasteiger partial charge on any atom is -0.497 e. The maximum atomic E-state index is 9.39. The molecular formula is C10H13O2. The number of aliphatic hydroxyl groups is 1. The summed E-state index contributed by atoms with van der Waals surface area (Å²) in [4.78, 5) is 0. The van der Waals surface area contributed by atoms with Gasteiger partial charge in [0.25, 0.3) is 0 Å². The lowest BCUT2D eigenvalue weighted by molar-refractivity contribution is 0.181. The van der Waals surface area contributed by atoms with E-state index in [1.165, 1.54) is 0 Å². The molecule has 0 spiro atoms. The summed E-state index contributed by atoms with van der Waals surface area (Å²) in [5.41, 5.74) is 0.880. The van der Waals surface area contributed by atoms with Gasteiger partial charge in [-0.2, -0.15) is 0 Å². The third-order valence-corrected chi connectivity index (χ3v) is 1.77. The lowest BCUT2D eigenvalue weighted by atomic mass is 10.1. The van der Waals surface area contributed by atoms with Crippen LogP contribution in [-0.4, -0.2) is 12.2 Å². The summed E-state index contributed by atoms with van der Waals surface area (Å²) >= 11 is 0. The van der Waals surface area contributed by atoms with Crippen LogP contribution in [0.4, 0.5) is 0 Å². The SMILES string of the molecule is [CH2]CC(O)c1ccc(OC)cc1. The Morgan fingerprint density at radius 1 is 1.42 bits per heavy atom. The average molecular weight is 165 g/mol. The van der Waals surface area contributed by atoms with Gasteiger partial charge in [0.15, 0.2) is 0 Å². The number of benzene rings is 1. The van der Waals surface area contributed by atoms with Crippen LogP contribution in [0.1, 0.15) is 18.1 Å². The van der Waals surface area contributed by atoms with E-state index >= 15 is 0 Å². The van der Waals surface area contributed by atoms with Gasteiger partial charge in [-0.15, -0.1) is 0 Å². The molecule has 0 saturated carbocycles. The van der Waals surface area contributed by atoms with Crippen LogP contribution in [0.2, 0.25) is 0 Å². The summed E-state index contributed by atoms with van der Waals surface area (Å²) in [5.74, 6) is 0.801. The van der Waals surface area contributed by atoms with Gasteiger partial charge in [0.05, 0.1) is 13.2 Å². The lowest BCUT2D eigenvalue weighted by Gasteiger charge is -2.07. The van der Waals surface area contributed by atoms with Gasteiger partial charge in [0.2, 0.25) is 0 Å². The first-order valence-electron chi connectivity index (χ1n) is 3.89. The first kappa shape index (κ1) is 9.07. The molecule has 1 radical (unpaired) electrons. The van der Waals surface area contributed by atoms with Gasteiger partial charge in [-0.25, -0.2) is 0 Å². The highest BCUT2D eigenvalue weighted by molar-refractivity contribution is 5.28. The molecule has 0 fully saturated rings. The van der Waals surface area contributed by atoms with Crippen LogP contribution in [0.25, 0.3) is 0 Å². The summed E-state index contributed by atoms with van der Waals surface area (Å²) in [5, 5.41) is 9.39. The monoisotopic (exact) mass is 165 g/mol. The van der Waals surface area contributed by atoms with Crippen molar-refractivity contribution in [3.05, 3.63) is 36.8 Å². The highest BCUT2D eigenvalue weighted by Gasteiger charge is 2.03. The van der Waals surface area contributed by atoms with Crippen LogP contribution < -0.4 is 4.74 Å². The topological polar surface area (TPSA) is 29.5 Å². The zero-order chi connectivity index (χ0) is 8.97. The van der Waals surface area contributed by atoms with E-state index in [-0.39, 0.29) is 0 Å². The first-order chi connectivity index (χ1) is 5.77. The summed E-state index contributed by atoms with van der Waals surface area (Å²) < 4.78 is 4.99. The van der Waals surface area contributed by atoms with E-state index in [0.29, 0.717) is 6.42 Å². The van der Waals surface area contributed by atoms with E-state index in [1.807, 2.05) is 24.3 Å². The van der Waals surface area contributed by atoms with Crippen LogP contribution in [-0.2, 0) is 0 Å². The molecule has 0 aliphatic carbocycles. The summed E-state index contributed by atoms with van der Waals surface area (Å²) in [7, 11) is 1.62. The Balaban J connectivity index is 2.77. The molecule has 0 heterocycles. The zero-order valence-electron chi connectivity index (χ0n) is 7.16. The molecule has 0 bridgehead atoms. The fourth-order valence-corrected chi connectivity index (χ4v) is 0.993. The Kier molecular flexibility index (Phi) is 3.11. The van der Waals surface area contributed by atoms with Crippen molar-refractivity contribution in [2.75, 3.05) is 7.11 Å². The van der Waals surface area contributed by atoms with Gasteiger partial charge in [-0.05, 0) is 24.1 Å². The molecule has 1 aromatic rings. The molecule has 0 aliphatic heterocycles. The van der Waals surface area contributed by atoms with E-state index < -0.39 is 6.10 Å². The predicted octanol–water partition coefficient (Wildman–Crippen LogP) is 1.95. The number of rotatable bonds is 3. The smallest absolute Gasteiger partial charge is 0.118 e. The second-order valence-electron chi connectivity index (χ2n) is 2.58. The zero-order valence-corrected chi connectivity index (χ0v) is 7.16. The Hall–Kier alpha value is -1.02. The second kappa shape index (κ2) is 4.12. The molecule has 1 atom stereocenters. The molecule has 1 aromatic carbocycles. The Labute approximate surface area is 72.8 Å². The van der Waals surface area contributed by atoms with Crippen molar-refractivity contribution in [3.63, 3.8) is 0 Å². The highest BCUT2D eigenvalue weighted by atomic mass is 16.5. The fourth-order valence-electron chi connectivity index (χ4n) is 0.993. The molecule has 2 heteroatoms. The predicted molar refractivity (Wildman–Crippen MR) is 47.9 cm³/mol. The van der Waals surface area contributed by atoms with Crippen LogP contribution >= 0.6 is 0 Å². The van der Waals surface area contributed by atoms with Gasteiger partial charge < -0.3 is 9.84 Å². The Morgan fingerprint density at radius 2 is 2.00 bits per heavy atom. The maximum Gasteiger partial charge on any atom is 0.118 e. The minimum absolute atomic E-state index is 0.462. The number of aliphatic hydroxyl groups excluding tert-OH is 1. The van der Waals surface area contributed by atoms with Gasteiger partial charge >= 0.3 is 0 Å². The second-order valence-corrected chi connectivity index (χ2v) is 2.58. The maximum absolute atomic E-state index is 9.39. The van der Waals surface area contributed by atoms with Crippen molar-refractivity contribution in [1.82, 2.24) is 0 Å². The van der Waals surface area contributed by atoms with E-state index in [2.05, 4.69) is 6.92 Å². The van der Waals surface area contributed by atoms with Crippen molar-refractivity contribution in [2.45, 2.75) is 12.5 Å². The summed E-state index contributed by atoms with van der Waals surface area (Å²) in [6.07, 6.45) is 0.0303. The third kappa shape index (κ3) is 1.98. The molecule has 1 unspecified atom stereocenters. The van der Waals surface area contributed by atoms with E-state index in [9.17, 15) is 5.11 Å². The summed E-state index contributed by atoms with van der Waals surface area (Å²) in [6, 6.07) is 7.34. The van der Waals surface area contributed by atoms with E-state index in [4.69, 9.17) is 4.74 Å². The number of methoxy groups -OCH3 is 1. The minimum atomic E-state index is -0.462. The molecule has 12 heavy (non-hydrogen) atoms. The van der Waals surface area contributed by atoms with Crippen molar-refractivity contribution in [3.8, 4) is 5.75 Å². The quantitative estimate of drug-likeness (QED) is 0.741. The van der Waals surface area contributed by atoms with Crippen molar-refractivity contribution in [2.24, 2.45) is 0 Å². The Morgan fingerprint density at radius 3 is 2.42 bits per heavy atom. The van der Waals surface area contributed by atoms with Crippen LogP contribution in [0.5, 0.6) is 5.75 Å². The first-order valence-corrected chi connectivity index (χ1v) is 3.89. The molecule has 2 nitrogen and oxygen atoms in total. The molecule has 0 amide bonds. The lowest BCUT2D eigenvalue weighted by Crippen LogP contribution is -1.94. The van der Waals surface area contributed by atoms with E-state index in [1.54, 1.807) is 7.11 Å². The van der Waals surface area contributed by atoms with Gasteiger partial charge in [-0.1, -0.05) is 19.1 Å². The average Bonchev–Trinajstić information content (AvgIpc) is 2.17. The number of ether oxygens (including phenoxy) is 1. The van der Waals surface area contributed by atoms with Crippen LogP contribution in [0.3, 0.4) is 0 Å². The van der Waals surface area contributed by atoms with Crippen LogP contribution in [0.15, 0.2) is 24.3 Å². The normalized spacial score (nSPS) is 12.6. The van der Waals surface area contributed by atoms with Crippen LogP contribution in [0, 0.1) is 6.92 Å². The highest BCUT2D eigenvalue weighted by Crippen LogP contribution is 2.18. The van der Waals surface area contributed by atoms with Crippen molar-refractivity contribution < 1.29 is 9.84 Å². The summed E-state index contributed by atoms with van der Waals surface area (Å²) in [6.45, 7) is 3.62. The molecule has 0 aliphatic rings. The third-order valence-electron chi connectivity index (χ3n) is 1.77. The molecule has 0 saturated heterocycles. The molecule has 65 valence electrons. The van der Waals surface area contributed by atoms with Crippen molar-refractivity contribution >= 4 is 0 Å². The number of hydrogen-bond donors (Lipinski definition) is 1. The van der Waals surface area contributed by atoms with Gasteiger partial charge in [0, 0.05) is 0 Å². The largest absolute Gasteiger partial charge is 0.497 e. The number of hydrogen-bond acceptors (Lipinski definition) is 2. The standard InChI is InChI=1S/C10H13O2/c1-3-10(11)8-4-6-9(12-2)7-5-8/h4-7,10-11H,1,3H2,2H3. The molecule has 1 rings (SSSR count). The van der Waals surface area contributed by atoms with Gasteiger partial charge in [-0.3, -0.25) is 0 Å². The molecule has 0 aromatic heterocycles. The molecular weight excluding hydrogens is 152 g/mol. The van der Waals surface area contributed by atoms with E-state index in [0.717, 1.165) is 11.3 Å². The fraction of sp³-hybridized carbons (Fsp3) is 0.300. The van der Waals surface area contributed by atoms with Crippen molar-refractivity contribution in [1.29, 1.82) is 0 Å². The Bertz CT molecular complexity index is 228. The molecule has 1 N–H and O–H groups in total.